The molecule has 1 heterocycles. The van der Waals surface area contributed by atoms with Gasteiger partial charge in [0.25, 0.3) is 5.91 Å². The Morgan fingerprint density at radius 3 is 2.81 bits per heavy atom. The number of carbonyl (C=O) groups is 1. The predicted molar refractivity (Wildman–Crippen MR) is 80.5 cm³/mol. The predicted octanol–water partition coefficient (Wildman–Crippen LogP) is 2.11. The fraction of sp³-hybridized carbons (Fsp3) is 0.133. The Labute approximate surface area is 126 Å². The molecule has 0 aliphatic rings. The van der Waals surface area contributed by atoms with Gasteiger partial charge < -0.3 is 10.4 Å². The van der Waals surface area contributed by atoms with Crippen molar-refractivity contribution in [1.29, 1.82) is 5.26 Å². The van der Waals surface area contributed by atoms with Crippen LogP contribution in [0, 0.1) is 11.3 Å². The van der Waals surface area contributed by atoms with Crippen molar-refractivity contribution in [2.75, 3.05) is 6.54 Å². The number of nitrogens with one attached hydrogen (secondary N) is 1. The van der Waals surface area contributed by atoms with Crippen LogP contribution >= 0.6 is 11.3 Å². The third-order valence-corrected chi connectivity index (χ3v) is 3.52. The van der Waals surface area contributed by atoms with Crippen LogP contribution in [-0.4, -0.2) is 22.5 Å². The lowest BCUT2D eigenvalue weighted by Gasteiger charge is -2.03. The lowest BCUT2D eigenvalue weighted by molar-refractivity contribution is -0.117. The van der Waals surface area contributed by atoms with Crippen LogP contribution in [0.4, 0.5) is 0 Å². The highest BCUT2D eigenvalue weighted by atomic mass is 32.1. The molecule has 1 aromatic heterocycles. The van der Waals surface area contributed by atoms with Crippen molar-refractivity contribution in [2.24, 2.45) is 0 Å². The molecule has 6 heteroatoms. The number of aromatic nitrogens is 1. The van der Waals surface area contributed by atoms with Gasteiger partial charge in [-0.05, 0) is 23.8 Å². The quantitative estimate of drug-likeness (QED) is 0.654. The van der Waals surface area contributed by atoms with E-state index in [-0.39, 0.29) is 11.3 Å². The summed E-state index contributed by atoms with van der Waals surface area (Å²) in [6, 6.07) is 8.15. The first kappa shape index (κ1) is 14.8. The number of carbonyl (C=O) groups excluding carboxylic acids is 1. The zero-order valence-corrected chi connectivity index (χ0v) is 11.9. The lowest BCUT2D eigenvalue weighted by atomic mass is 10.1. The normalized spacial score (nSPS) is 10.9. The van der Waals surface area contributed by atoms with Crippen molar-refractivity contribution in [3.05, 3.63) is 52.0 Å². The molecule has 0 saturated carbocycles. The van der Waals surface area contributed by atoms with Gasteiger partial charge in [0.15, 0.2) is 0 Å². The minimum absolute atomic E-state index is 0.0276. The van der Waals surface area contributed by atoms with Gasteiger partial charge >= 0.3 is 0 Å². The molecule has 2 N–H and O–H groups in total. The third-order valence-electron chi connectivity index (χ3n) is 2.68. The number of phenolic OH excluding ortho intramolecular Hbond substituents is 1. The summed E-state index contributed by atoms with van der Waals surface area (Å²) in [5, 5.41) is 23.8. The van der Waals surface area contributed by atoms with E-state index in [9.17, 15) is 9.90 Å². The smallest absolute Gasteiger partial charge is 0.261 e. The monoisotopic (exact) mass is 299 g/mol. The van der Waals surface area contributed by atoms with Crippen molar-refractivity contribution < 1.29 is 9.90 Å². The van der Waals surface area contributed by atoms with Crippen LogP contribution in [0.15, 0.2) is 41.4 Å². The summed E-state index contributed by atoms with van der Waals surface area (Å²) in [7, 11) is 0. The summed E-state index contributed by atoms with van der Waals surface area (Å²) in [6.45, 7) is 0.431. The molecule has 1 aromatic carbocycles. The number of hydrogen-bond acceptors (Lipinski definition) is 5. The van der Waals surface area contributed by atoms with Crippen LogP contribution < -0.4 is 5.32 Å². The topological polar surface area (TPSA) is 86.0 Å². The van der Waals surface area contributed by atoms with Crippen LogP contribution in [0.25, 0.3) is 6.08 Å². The van der Waals surface area contributed by atoms with Crippen molar-refractivity contribution >= 4 is 23.3 Å². The molecule has 106 valence electrons. The van der Waals surface area contributed by atoms with E-state index in [1.54, 1.807) is 18.3 Å². The lowest BCUT2D eigenvalue weighted by Crippen LogP contribution is -2.26. The van der Waals surface area contributed by atoms with E-state index >= 15 is 0 Å². The van der Waals surface area contributed by atoms with E-state index in [2.05, 4.69) is 10.3 Å². The van der Waals surface area contributed by atoms with Gasteiger partial charge in [0, 0.05) is 24.5 Å². The van der Waals surface area contributed by atoms with Gasteiger partial charge in [0.05, 0.1) is 5.01 Å². The van der Waals surface area contributed by atoms with E-state index < -0.39 is 5.91 Å². The van der Waals surface area contributed by atoms with Crippen molar-refractivity contribution in [2.45, 2.75) is 6.42 Å². The summed E-state index contributed by atoms with van der Waals surface area (Å²) in [4.78, 5) is 16.0. The van der Waals surface area contributed by atoms with E-state index in [4.69, 9.17) is 5.26 Å². The van der Waals surface area contributed by atoms with Crippen molar-refractivity contribution in [3.63, 3.8) is 0 Å². The largest absolute Gasteiger partial charge is 0.508 e. The van der Waals surface area contributed by atoms with Crippen LogP contribution in [0.1, 0.15) is 10.6 Å². The van der Waals surface area contributed by atoms with Crippen LogP contribution in [-0.2, 0) is 11.2 Å². The zero-order chi connectivity index (χ0) is 15.1. The molecule has 2 aromatic rings. The average Bonchev–Trinajstić information content (AvgIpc) is 3.00. The molecule has 1 amide bonds. The minimum atomic E-state index is -0.415. The number of thiazole rings is 1. The zero-order valence-electron chi connectivity index (χ0n) is 11.1. The molecule has 0 bridgehead atoms. The highest BCUT2D eigenvalue weighted by Crippen LogP contribution is 2.12. The standard InChI is InChI=1S/C15H13N3O2S/c16-10-12(9-11-1-3-13(19)4-2-11)15(20)18-6-5-14-17-7-8-21-14/h1-4,7-9,19H,5-6H2,(H,18,20)/b12-9+. The van der Waals surface area contributed by atoms with E-state index in [0.717, 1.165) is 5.01 Å². The van der Waals surface area contributed by atoms with Crippen LogP contribution in [0.3, 0.4) is 0 Å². The summed E-state index contributed by atoms with van der Waals surface area (Å²) >= 11 is 1.53. The number of benzene rings is 1. The van der Waals surface area contributed by atoms with Crippen molar-refractivity contribution in [1.82, 2.24) is 10.3 Å². The second kappa shape index (κ2) is 7.22. The first-order valence-corrected chi connectivity index (χ1v) is 7.14. The number of nitrogens with zero attached hydrogens (tertiary/aromatic N) is 2. The Morgan fingerprint density at radius 2 is 2.19 bits per heavy atom. The molecule has 0 saturated heterocycles. The molecule has 0 spiro atoms. The van der Waals surface area contributed by atoms with Gasteiger partial charge in [-0.2, -0.15) is 5.26 Å². The van der Waals surface area contributed by atoms with E-state index in [0.29, 0.717) is 18.5 Å². The number of hydrogen-bond donors (Lipinski definition) is 2. The molecule has 0 unspecified atom stereocenters. The van der Waals surface area contributed by atoms with Crippen LogP contribution in [0.2, 0.25) is 0 Å². The number of rotatable bonds is 5. The Hall–Kier alpha value is -2.65. The maximum absolute atomic E-state index is 11.9. The van der Waals surface area contributed by atoms with E-state index in [1.165, 1.54) is 29.5 Å². The van der Waals surface area contributed by atoms with Crippen molar-refractivity contribution in [3.8, 4) is 11.8 Å². The molecule has 0 fully saturated rings. The molecule has 2 rings (SSSR count). The highest BCUT2D eigenvalue weighted by Gasteiger charge is 2.08. The Balaban J connectivity index is 1.95. The summed E-state index contributed by atoms with van der Waals surface area (Å²) in [6.07, 6.45) is 3.84. The Morgan fingerprint density at radius 1 is 1.43 bits per heavy atom. The molecule has 5 nitrogen and oxygen atoms in total. The number of nitriles is 1. The third kappa shape index (κ3) is 4.44. The fourth-order valence-electron chi connectivity index (χ4n) is 1.64. The molecule has 0 aliphatic heterocycles. The maximum atomic E-state index is 11.9. The molecule has 21 heavy (non-hydrogen) atoms. The summed E-state index contributed by atoms with van der Waals surface area (Å²) < 4.78 is 0. The second-order valence-corrected chi connectivity index (χ2v) is 5.17. The summed E-state index contributed by atoms with van der Waals surface area (Å²) in [5.74, 6) is -0.277. The second-order valence-electron chi connectivity index (χ2n) is 4.19. The first-order chi connectivity index (χ1) is 10.2. The van der Waals surface area contributed by atoms with Gasteiger partial charge in [-0.25, -0.2) is 4.98 Å². The fourth-order valence-corrected chi connectivity index (χ4v) is 2.26. The van der Waals surface area contributed by atoms with Gasteiger partial charge in [-0.1, -0.05) is 12.1 Å². The first-order valence-electron chi connectivity index (χ1n) is 6.26. The van der Waals surface area contributed by atoms with Gasteiger partial charge in [0.2, 0.25) is 0 Å². The minimum Gasteiger partial charge on any atom is -0.508 e. The Kier molecular flexibility index (Phi) is 5.07. The van der Waals surface area contributed by atoms with Gasteiger partial charge in [-0.3, -0.25) is 4.79 Å². The highest BCUT2D eigenvalue weighted by molar-refractivity contribution is 7.09. The number of phenols is 1. The molecular formula is C15H13N3O2S. The summed E-state index contributed by atoms with van der Waals surface area (Å²) in [5.41, 5.74) is 0.708. The molecule has 0 atom stereocenters. The SMILES string of the molecule is N#C/C(=C\c1ccc(O)cc1)C(=O)NCCc1nccs1. The average molecular weight is 299 g/mol. The molecule has 0 aliphatic carbocycles. The maximum Gasteiger partial charge on any atom is 0.261 e. The van der Waals surface area contributed by atoms with Gasteiger partial charge in [-0.15, -0.1) is 11.3 Å². The van der Waals surface area contributed by atoms with Crippen LogP contribution in [0.5, 0.6) is 5.75 Å². The Bertz CT molecular complexity index is 670. The molecular weight excluding hydrogens is 286 g/mol. The molecule has 0 radical (unpaired) electrons. The number of aromatic hydroxyl groups is 1. The van der Waals surface area contributed by atoms with E-state index in [1.807, 2.05) is 11.4 Å². The van der Waals surface area contributed by atoms with Gasteiger partial charge in [0.1, 0.15) is 17.4 Å². The number of amides is 1.